The summed E-state index contributed by atoms with van der Waals surface area (Å²) in [7, 11) is 0. The third-order valence-electron chi connectivity index (χ3n) is 4.07. The molecular weight excluding hydrogens is 250 g/mol. The number of benzene rings is 1. The van der Waals surface area contributed by atoms with Gasteiger partial charge in [-0.05, 0) is 56.2 Å². The predicted octanol–water partition coefficient (Wildman–Crippen LogP) is 3.06. The molecule has 0 radical (unpaired) electrons. The van der Waals surface area contributed by atoms with E-state index in [9.17, 15) is 9.90 Å². The highest BCUT2D eigenvalue weighted by atomic mass is 16.3. The van der Waals surface area contributed by atoms with Crippen molar-refractivity contribution >= 4 is 5.91 Å². The second-order valence-corrected chi connectivity index (χ2v) is 5.78. The highest BCUT2D eigenvalue weighted by Crippen LogP contribution is 2.18. The molecular formula is C17H25NO2. The van der Waals surface area contributed by atoms with Gasteiger partial charge in [0, 0.05) is 11.6 Å². The Balaban J connectivity index is 1.85. The first-order valence-corrected chi connectivity index (χ1v) is 7.77. The lowest BCUT2D eigenvalue weighted by molar-refractivity contribution is 0.0867. The van der Waals surface area contributed by atoms with Crippen molar-refractivity contribution in [2.24, 2.45) is 0 Å². The summed E-state index contributed by atoms with van der Waals surface area (Å²) < 4.78 is 0. The van der Waals surface area contributed by atoms with Crippen molar-refractivity contribution in [3.05, 3.63) is 35.4 Å². The molecule has 1 aliphatic carbocycles. The van der Waals surface area contributed by atoms with Gasteiger partial charge < -0.3 is 10.4 Å². The second kappa shape index (κ2) is 7.44. The van der Waals surface area contributed by atoms with Crippen LogP contribution in [0.3, 0.4) is 0 Å². The van der Waals surface area contributed by atoms with Crippen LogP contribution in [0.15, 0.2) is 24.3 Å². The molecule has 1 amide bonds. The Labute approximate surface area is 121 Å². The Bertz CT molecular complexity index is 419. The van der Waals surface area contributed by atoms with Crippen LogP contribution in [0.2, 0.25) is 0 Å². The first-order valence-electron chi connectivity index (χ1n) is 7.77. The van der Waals surface area contributed by atoms with E-state index in [1.165, 1.54) is 18.4 Å². The van der Waals surface area contributed by atoms with E-state index in [2.05, 4.69) is 24.4 Å². The van der Waals surface area contributed by atoms with Crippen LogP contribution in [0.1, 0.15) is 61.4 Å². The zero-order valence-electron chi connectivity index (χ0n) is 12.3. The van der Waals surface area contributed by atoms with Gasteiger partial charge in [0.25, 0.3) is 5.91 Å². The fourth-order valence-electron chi connectivity index (χ4n) is 2.69. The number of hydrogen-bond acceptors (Lipinski definition) is 2. The third-order valence-corrected chi connectivity index (χ3v) is 4.07. The maximum absolute atomic E-state index is 12.1. The number of amides is 1. The minimum atomic E-state index is -0.180. The van der Waals surface area contributed by atoms with Crippen LogP contribution >= 0.6 is 0 Å². The lowest BCUT2D eigenvalue weighted by Crippen LogP contribution is -2.38. The normalized spacial score (nSPS) is 22.5. The average Bonchev–Trinajstić information content (AvgIpc) is 2.48. The number of carbonyl (C=O) groups excluding carboxylic acids is 1. The molecule has 0 heterocycles. The lowest BCUT2D eigenvalue weighted by atomic mass is 9.93. The molecule has 0 unspecified atom stereocenters. The Hall–Kier alpha value is -1.35. The van der Waals surface area contributed by atoms with Crippen LogP contribution in [-0.2, 0) is 6.42 Å². The zero-order chi connectivity index (χ0) is 14.4. The molecule has 1 fully saturated rings. The maximum Gasteiger partial charge on any atom is 0.251 e. The van der Waals surface area contributed by atoms with Gasteiger partial charge in [-0.3, -0.25) is 4.79 Å². The summed E-state index contributed by atoms with van der Waals surface area (Å²) >= 11 is 0. The van der Waals surface area contributed by atoms with Gasteiger partial charge in [-0.25, -0.2) is 0 Å². The van der Waals surface area contributed by atoms with Crippen molar-refractivity contribution in [3.63, 3.8) is 0 Å². The molecule has 1 saturated carbocycles. The first kappa shape index (κ1) is 15.0. The molecule has 3 nitrogen and oxygen atoms in total. The number of carbonyl (C=O) groups is 1. The van der Waals surface area contributed by atoms with Crippen LogP contribution < -0.4 is 5.32 Å². The Morgan fingerprint density at radius 2 is 1.85 bits per heavy atom. The fourth-order valence-corrected chi connectivity index (χ4v) is 2.69. The highest BCUT2D eigenvalue weighted by molar-refractivity contribution is 5.94. The summed E-state index contributed by atoms with van der Waals surface area (Å²) in [6.45, 7) is 2.18. The average molecular weight is 275 g/mol. The number of aliphatic hydroxyl groups is 1. The standard InChI is InChI=1S/C17H25NO2/c1-2-3-4-13-5-7-14(8-6-13)17(20)18-15-9-11-16(19)12-10-15/h5-8,15-16,19H,2-4,9-12H2,1H3,(H,18,20). The van der Waals surface area contributed by atoms with E-state index in [0.717, 1.165) is 37.7 Å². The summed E-state index contributed by atoms with van der Waals surface area (Å²) in [5.41, 5.74) is 2.03. The van der Waals surface area contributed by atoms with Gasteiger partial charge in [-0.2, -0.15) is 0 Å². The Morgan fingerprint density at radius 1 is 1.20 bits per heavy atom. The Morgan fingerprint density at radius 3 is 2.45 bits per heavy atom. The van der Waals surface area contributed by atoms with Crippen molar-refractivity contribution in [1.82, 2.24) is 5.32 Å². The van der Waals surface area contributed by atoms with Crippen LogP contribution in [0.25, 0.3) is 0 Å². The molecule has 2 N–H and O–H groups in total. The molecule has 3 heteroatoms. The van der Waals surface area contributed by atoms with Crippen molar-refractivity contribution < 1.29 is 9.90 Å². The SMILES string of the molecule is CCCCc1ccc(C(=O)NC2CCC(O)CC2)cc1. The van der Waals surface area contributed by atoms with Crippen molar-refractivity contribution in [2.45, 2.75) is 64.0 Å². The molecule has 1 aliphatic rings. The van der Waals surface area contributed by atoms with Crippen molar-refractivity contribution in [1.29, 1.82) is 0 Å². The van der Waals surface area contributed by atoms with E-state index >= 15 is 0 Å². The molecule has 0 bridgehead atoms. The van der Waals surface area contributed by atoms with Gasteiger partial charge in [0.1, 0.15) is 0 Å². The first-order chi connectivity index (χ1) is 9.69. The van der Waals surface area contributed by atoms with Crippen molar-refractivity contribution in [3.8, 4) is 0 Å². The number of aliphatic hydroxyl groups excluding tert-OH is 1. The quantitative estimate of drug-likeness (QED) is 0.867. The van der Waals surface area contributed by atoms with E-state index in [4.69, 9.17) is 0 Å². The number of rotatable bonds is 5. The topological polar surface area (TPSA) is 49.3 Å². The molecule has 0 atom stereocenters. The molecule has 1 aromatic carbocycles. The summed E-state index contributed by atoms with van der Waals surface area (Å²) in [5.74, 6) is 0.00781. The monoisotopic (exact) mass is 275 g/mol. The molecule has 110 valence electrons. The van der Waals surface area contributed by atoms with E-state index in [1.807, 2.05) is 12.1 Å². The summed E-state index contributed by atoms with van der Waals surface area (Å²) in [5, 5.41) is 12.5. The minimum absolute atomic E-state index is 0.00781. The van der Waals surface area contributed by atoms with E-state index < -0.39 is 0 Å². The summed E-state index contributed by atoms with van der Waals surface area (Å²) in [6, 6.07) is 8.14. The third kappa shape index (κ3) is 4.34. The van der Waals surface area contributed by atoms with Gasteiger partial charge in [-0.1, -0.05) is 25.5 Å². The zero-order valence-corrected chi connectivity index (χ0v) is 12.3. The minimum Gasteiger partial charge on any atom is -0.393 e. The molecule has 0 spiro atoms. The largest absolute Gasteiger partial charge is 0.393 e. The molecule has 1 aromatic rings. The van der Waals surface area contributed by atoms with E-state index in [0.29, 0.717) is 0 Å². The second-order valence-electron chi connectivity index (χ2n) is 5.78. The predicted molar refractivity (Wildman–Crippen MR) is 80.8 cm³/mol. The Kier molecular flexibility index (Phi) is 5.60. The highest BCUT2D eigenvalue weighted by Gasteiger charge is 2.21. The molecule has 2 rings (SSSR count). The van der Waals surface area contributed by atoms with Crippen LogP contribution in [-0.4, -0.2) is 23.2 Å². The lowest BCUT2D eigenvalue weighted by Gasteiger charge is -2.26. The van der Waals surface area contributed by atoms with Crippen molar-refractivity contribution in [2.75, 3.05) is 0 Å². The number of aryl methyl sites for hydroxylation is 1. The van der Waals surface area contributed by atoms with Gasteiger partial charge >= 0.3 is 0 Å². The number of hydrogen-bond donors (Lipinski definition) is 2. The van der Waals surface area contributed by atoms with Crippen LogP contribution in [0, 0.1) is 0 Å². The molecule has 0 aromatic heterocycles. The molecule has 0 aliphatic heterocycles. The van der Waals surface area contributed by atoms with E-state index in [1.54, 1.807) is 0 Å². The van der Waals surface area contributed by atoms with Crippen LogP contribution in [0.5, 0.6) is 0 Å². The molecule has 0 saturated heterocycles. The summed E-state index contributed by atoms with van der Waals surface area (Å²) in [6.07, 6.45) is 6.62. The fraction of sp³-hybridized carbons (Fsp3) is 0.588. The molecule has 20 heavy (non-hydrogen) atoms. The number of nitrogens with one attached hydrogen (secondary N) is 1. The number of unbranched alkanes of at least 4 members (excludes halogenated alkanes) is 1. The summed E-state index contributed by atoms with van der Waals surface area (Å²) in [4.78, 5) is 12.1. The smallest absolute Gasteiger partial charge is 0.251 e. The van der Waals surface area contributed by atoms with Gasteiger partial charge in [-0.15, -0.1) is 0 Å². The van der Waals surface area contributed by atoms with Gasteiger partial charge in [0.2, 0.25) is 0 Å². The van der Waals surface area contributed by atoms with Gasteiger partial charge in [0.05, 0.1) is 6.10 Å². The van der Waals surface area contributed by atoms with E-state index in [-0.39, 0.29) is 18.1 Å². The maximum atomic E-state index is 12.1. The van der Waals surface area contributed by atoms with Gasteiger partial charge in [0.15, 0.2) is 0 Å². The van der Waals surface area contributed by atoms with Crippen LogP contribution in [0.4, 0.5) is 0 Å².